The van der Waals surface area contributed by atoms with Gasteiger partial charge in [-0.2, -0.15) is 0 Å². The number of nitrogens with one attached hydrogen (secondary N) is 3. The molecule has 1 heterocycles. The van der Waals surface area contributed by atoms with Crippen molar-refractivity contribution in [3.63, 3.8) is 0 Å². The van der Waals surface area contributed by atoms with Crippen LogP contribution in [0.3, 0.4) is 0 Å². The average molecular weight is 343 g/mol. The van der Waals surface area contributed by atoms with Crippen LogP contribution in [0.15, 0.2) is 0 Å². The fourth-order valence-corrected chi connectivity index (χ4v) is 2.48. The zero-order valence-electron chi connectivity index (χ0n) is 13.9. The first-order valence-electron chi connectivity index (χ1n) is 8.01. The predicted octanol–water partition coefficient (Wildman–Crippen LogP) is -0.687. The summed E-state index contributed by atoms with van der Waals surface area (Å²) in [6.07, 6.45) is 0.975. The summed E-state index contributed by atoms with van der Waals surface area (Å²) in [5.74, 6) is -3.62. The van der Waals surface area contributed by atoms with E-state index in [2.05, 4.69) is 16.0 Å². The van der Waals surface area contributed by atoms with Crippen LogP contribution in [0, 0.1) is 5.92 Å². The number of carbonyl (C=O) groups is 4. The molecule has 136 valence electrons. The number of carboxylic acids is 2. The van der Waals surface area contributed by atoms with Crippen molar-refractivity contribution in [2.75, 3.05) is 6.54 Å². The minimum absolute atomic E-state index is 0.223. The standard InChI is InChI=1S/C15H25N3O6/c1-8(2)12(18-13(21)9-4-3-7-16-9)14(22)17-10(15(23)24)5-6-11(19)20/h8-10,12,16H,3-7H2,1-2H3,(H,17,22)(H,18,21)(H,19,20)(H,23,24)/t9-,10-,12-/m0/s1. The lowest BCUT2D eigenvalue weighted by Crippen LogP contribution is -2.56. The molecule has 0 bridgehead atoms. The van der Waals surface area contributed by atoms with E-state index in [0.717, 1.165) is 13.0 Å². The van der Waals surface area contributed by atoms with Gasteiger partial charge >= 0.3 is 11.9 Å². The Balaban J connectivity index is 2.68. The molecule has 5 N–H and O–H groups in total. The van der Waals surface area contributed by atoms with Gasteiger partial charge in [0.2, 0.25) is 11.8 Å². The second kappa shape index (κ2) is 9.21. The molecule has 1 fully saturated rings. The van der Waals surface area contributed by atoms with E-state index < -0.39 is 29.9 Å². The molecule has 0 unspecified atom stereocenters. The molecule has 0 aromatic heterocycles. The molecule has 2 amide bonds. The van der Waals surface area contributed by atoms with Crippen molar-refractivity contribution >= 4 is 23.8 Å². The Kier molecular flexibility index (Phi) is 7.63. The van der Waals surface area contributed by atoms with Crippen LogP contribution in [0.5, 0.6) is 0 Å². The van der Waals surface area contributed by atoms with Crippen LogP contribution >= 0.6 is 0 Å². The van der Waals surface area contributed by atoms with Crippen LogP contribution in [-0.2, 0) is 19.2 Å². The Labute approximate surface area is 140 Å². The maximum absolute atomic E-state index is 12.3. The van der Waals surface area contributed by atoms with Gasteiger partial charge in [0.15, 0.2) is 0 Å². The van der Waals surface area contributed by atoms with Crippen LogP contribution in [0.25, 0.3) is 0 Å². The van der Waals surface area contributed by atoms with Gasteiger partial charge in [0.1, 0.15) is 12.1 Å². The molecule has 0 aliphatic carbocycles. The van der Waals surface area contributed by atoms with Gasteiger partial charge < -0.3 is 26.2 Å². The van der Waals surface area contributed by atoms with E-state index in [-0.39, 0.29) is 30.7 Å². The van der Waals surface area contributed by atoms with Gasteiger partial charge in [-0.1, -0.05) is 13.8 Å². The highest BCUT2D eigenvalue weighted by Gasteiger charge is 2.31. The second-order valence-electron chi connectivity index (χ2n) is 6.21. The number of hydrogen-bond donors (Lipinski definition) is 5. The highest BCUT2D eigenvalue weighted by molar-refractivity contribution is 5.92. The van der Waals surface area contributed by atoms with Crippen LogP contribution in [0.2, 0.25) is 0 Å². The Morgan fingerprint density at radius 1 is 1.17 bits per heavy atom. The molecule has 0 radical (unpaired) electrons. The fourth-order valence-electron chi connectivity index (χ4n) is 2.48. The summed E-state index contributed by atoms with van der Waals surface area (Å²) in [5, 5.41) is 25.7. The van der Waals surface area contributed by atoms with Crippen molar-refractivity contribution in [1.29, 1.82) is 0 Å². The molecular weight excluding hydrogens is 318 g/mol. The van der Waals surface area contributed by atoms with Crippen LogP contribution in [0.4, 0.5) is 0 Å². The lowest BCUT2D eigenvalue weighted by molar-refractivity contribution is -0.143. The van der Waals surface area contributed by atoms with Gasteiger partial charge in [-0.15, -0.1) is 0 Å². The number of aliphatic carboxylic acids is 2. The zero-order chi connectivity index (χ0) is 18.3. The van der Waals surface area contributed by atoms with Gasteiger partial charge in [0.25, 0.3) is 0 Å². The molecule has 1 aliphatic rings. The SMILES string of the molecule is CC(C)[C@H](NC(=O)[C@@H]1CCCN1)C(=O)N[C@@H](CCC(=O)O)C(=O)O. The molecule has 1 aliphatic heterocycles. The zero-order valence-corrected chi connectivity index (χ0v) is 13.9. The molecule has 0 spiro atoms. The summed E-state index contributed by atoms with van der Waals surface area (Å²) in [6.45, 7) is 4.21. The van der Waals surface area contributed by atoms with Crippen molar-refractivity contribution in [3.8, 4) is 0 Å². The summed E-state index contributed by atoms with van der Waals surface area (Å²) in [5.41, 5.74) is 0. The first-order valence-corrected chi connectivity index (χ1v) is 8.01. The molecule has 1 rings (SSSR count). The average Bonchev–Trinajstić information content (AvgIpc) is 3.02. The third-order valence-corrected chi connectivity index (χ3v) is 3.89. The van der Waals surface area contributed by atoms with E-state index in [0.29, 0.717) is 6.42 Å². The molecule has 3 atom stereocenters. The Morgan fingerprint density at radius 2 is 1.83 bits per heavy atom. The molecule has 9 nitrogen and oxygen atoms in total. The van der Waals surface area contributed by atoms with Crippen molar-refractivity contribution in [2.24, 2.45) is 5.92 Å². The van der Waals surface area contributed by atoms with E-state index in [4.69, 9.17) is 10.2 Å². The summed E-state index contributed by atoms with van der Waals surface area (Å²) in [7, 11) is 0. The highest BCUT2D eigenvalue weighted by atomic mass is 16.4. The van der Waals surface area contributed by atoms with Crippen molar-refractivity contribution in [3.05, 3.63) is 0 Å². The van der Waals surface area contributed by atoms with E-state index in [9.17, 15) is 19.2 Å². The summed E-state index contributed by atoms with van der Waals surface area (Å²) < 4.78 is 0. The normalized spacial score (nSPS) is 19.5. The summed E-state index contributed by atoms with van der Waals surface area (Å²) in [4.78, 5) is 46.2. The number of amides is 2. The van der Waals surface area contributed by atoms with E-state index in [1.807, 2.05) is 0 Å². The number of hydrogen-bond acceptors (Lipinski definition) is 5. The summed E-state index contributed by atoms with van der Waals surface area (Å²) in [6, 6.07) is -2.54. The molecule has 9 heteroatoms. The first-order chi connectivity index (χ1) is 11.2. The molecular formula is C15H25N3O6. The minimum atomic E-state index is -1.31. The van der Waals surface area contributed by atoms with E-state index in [1.165, 1.54) is 0 Å². The maximum atomic E-state index is 12.3. The molecule has 24 heavy (non-hydrogen) atoms. The minimum Gasteiger partial charge on any atom is -0.481 e. The lowest BCUT2D eigenvalue weighted by Gasteiger charge is -2.25. The smallest absolute Gasteiger partial charge is 0.326 e. The van der Waals surface area contributed by atoms with E-state index in [1.54, 1.807) is 13.8 Å². The Bertz CT molecular complexity index is 488. The topological polar surface area (TPSA) is 145 Å². The van der Waals surface area contributed by atoms with Crippen molar-refractivity contribution < 1.29 is 29.4 Å². The Morgan fingerprint density at radius 3 is 2.29 bits per heavy atom. The quantitative estimate of drug-likeness (QED) is 0.373. The maximum Gasteiger partial charge on any atom is 0.326 e. The number of carbonyl (C=O) groups excluding carboxylic acids is 2. The molecule has 0 aromatic rings. The van der Waals surface area contributed by atoms with Crippen LogP contribution in [-0.4, -0.2) is 58.6 Å². The summed E-state index contributed by atoms with van der Waals surface area (Å²) >= 11 is 0. The van der Waals surface area contributed by atoms with Crippen LogP contribution < -0.4 is 16.0 Å². The Hall–Kier alpha value is -2.16. The van der Waals surface area contributed by atoms with Crippen molar-refractivity contribution in [2.45, 2.75) is 57.7 Å². The number of carboxylic acid groups (broad SMARTS) is 2. The van der Waals surface area contributed by atoms with Crippen molar-refractivity contribution in [1.82, 2.24) is 16.0 Å². The first kappa shape index (κ1) is 19.9. The number of rotatable bonds is 9. The third kappa shape index (κ3) is 6.15. The predicted molar refractivity (Wildman–Crippen MR) is 84.2 cm³/mol. The van der Waals surface area contributed by atoms with Crippen LogP contribution in [0.1, 0.15) is 39.5 Å². The molecule has 0 saturated carbocycles. The van der Waals surface area contributed by atoms with Gasteiger partial charge in [0, 0.05) is 6.42 Å². The fraction of sp³-hybridized carbons (Fsp3) is 0.733. The van der Waals surface area contributed by atoms with Gasteiger partial charge in [0.05, 0.1) is 6.04 Å². The molecule has 0 aromatic carbocycles. The highest BCUT2D eigenvalue weighted by Crippen LogP contribution is 2.09. The third-order valence-electron chi connectivity index (χ3n) is 3.89. The van der Waals surface area contributed by atoms with Gasteiger partial charge in [-0.25, -0.2) is 4.79 Å². The van der Waals surface area contributed by atoms with Gasteiger partial charge in [-0.05, 0) is 31.7 Å². The molecule has 1 saturated heterocycles. The second-order valence-corrected chi connectivity index (χ2v) is 6.21. The largest absolute Gasteiger partial charge is 0.481 e. The van der Waals surface area contributed by atoms with Gasteiger partial charge in [-0.3, -0.25) is 14.4 Å². The van der Waals surface area contributed by atoms with E-state index >= 15 is 0 Å². The lowest BCUT2D eigenvalue weighted by atomic mass is 10.0. The monoisotopic (exact) mass is 343 g/mol.